The Morgan fingerprint density at radius 2 is 2.10 bits per heavy atom. The molecule has 0 saturated heterocycles. The van der Waals surface area contributed by atoms with Gasteiger partial charge in [-0.2, -0.15) is 18.3 Å². The third kappa shape index (κ3) is 2.91. The Hall–Kier alpha value is -2.32. The van der Waals surface area contributed by atoms with Crippen LogP contribution < -0.4 is 5.73 Å². The highest BCUT2D eigenvalue weighted by atomic mass is 19.4. The fourth-order valence-electron chi connectivity index (χ4n) is 2.00. The lowest BCUT2D eigenvalue weighted by molar-refractivity contribution is -0.115. The summed E-state index contributed by atoms with van der Waals surface area (Å²) in [5.41, 5.74) is 7.18. The van der Waals surface area contributed by atoms with E-state index in [-0.39, 0.29) is 6.54 Å². The molecule has 1 atom stereocenters. The number of halogens is 3. The SMILES string of the molecule is Cc1nc(CN2N=C(C(F)(F)F)N(C)C2C=O)ccc1N. The van der Waals surface area contributed by atoms with Gasteiger partial charge in [-0.25, -0.2) is 0 Å². The largest absolute Gasteiger partial charge is 0.451 e. The highest BCUT2D eigenvalue weighted by molar-refractivity contribution is 5.90. The van der Waals surface area contributed by atoms with Crippen LogP contribution in [0.3, 0.4) is 0 Å². The number of amidine groups is 1. The molecule has 2 rings (SSSR count). The van der Waals surface area contributed by atoms with Crippen molar-refractivity contribution in [1.29, 1.82) is 0 Å². The van der Waals surface area contributed by atoms with E-state index in [2.05, 4.69) is 10.1 Å². The summed E-state index contributed by atoms with van der Waals surface area (Å²) in [6, 6.07) is 3.20. The van der Waals surface area contributed by atoms with Gasteiger partial charge in [-0.15, -0.1) is 0 Å². The predicted octanol–water partition coefficient (Wildman–Crippen LogP) is 1.12. The first kappa shape index (κ1) is 15.1. The first-order valence-corrected chi connectivity index (χ1v) is 6.06. The minimum absolute atomic E-state index is 0.0194. The van der Waals surface area contributed by atoms with Crippen molar-refractivity contribution in [3.63, 3.8) is 0 Å². The second-order valence-electron chi connectivity index (χ2n) is 4.66. The van der Waals surface area contributed by atoms with E-state index in [4.69, 9.17) is 5.73 Å². The number of nitrogen functional groups attached to an aromatic ring is 1. The molecule has 0 bridgehead atoms. The lowest BCUT2D eigenvalue weighted by Crippen LogP contribution is -2.44. The summed E-state index contributed by atoms with van der Waals surface area (Å²) in [7, 11) is 1.17. The van der Waals surface area contributed by atoms with Crippen molar-refractivity contribution in [3.05, 3.63) is 23.5 Å². The highest BCUT2D eigenvalue weighted by Gasteiger charge is 2.46. The van der Waals surface area contributed by atoms with Crippen LogP contribution in [0.15, 0.2) is 17.2 Å². The molecule has 21 heavy (non-hydrogen) atoms. The summed E-state index contributed by atoms with van der Waals surface area (Å²) in [5.74, 6) is -1.10. The molecule has 114 valence electrons. The molecule has 0 aromatic carbocycles. The standard InChI is InChI=1S/C12H14F3N5O/c1-7-9(16)4-3-8(17-7)5-20-10(6-21)19(2)11(18-20)12(13,14)15/h3-4,6,10H,5,16H2,1-2H3. The molecule has 9 heteroatoms. The summed E-state index contributed by atoms with van der Waals surface area (Å²) in [4.78, 5) is 16.0. The summed E-state index contributed by atoms with van der Waals surface area (Å²) in [5, 5.41) is 4.54. The zero-order valence-corrected chi connectivity index (χ0v) is 11.4. The summed E-state index contributed by atoms with van der Waals surface area (Å²) >= 11 is 0. The quantitative estimate of drug-likeness (QED) is 0.847. The molecule has 1 aromatic heterocycles. The molecular formula is C12H14F3N5O. The molecule has 1 aliphatic rings. The van der Waals surface area contributed by atoms with Crippen molar-refractivity contribution >= 4 is 17.8 Å². The predicted molar refractivity (Wildman–Crippen MR) is 70.0 cm³/mol. The fraction of sp³-hybridized carbons (Fsp3) is 0.417. The first-order valence-electron chi connectivity index (χ1n) is 6.06. The normalized spacial score (nSPS) is 18.9. The van der Waals surface area contributed by atoms with E-state index in [0.29, 0.717) is 23.4 Å². The molecule has 2 heterocycles. The zero-order valence-electron chi connectivity index (χ0n) is 11.4. The first-order chi connectivity index (χ1) is 9.74. The summed E-state index contributed by atoms with van der Waals surface area (Å²) < 4.78 is 38.4. The molecule has 1 aliphatic heterocycles. The van der Waals surface area contributed by atoms with Gasteiger partial charge in [0.1, 0.15) is 0 Å². The number of nitrogens with two attached hydrogens (primary N) is 1. The van der Waals surface area contributed by atoms with Crippen molar-refractivity contribution in [3.8, 4) is 0 Å². The van der Waals surface area contributed by atoms with Crippen LogP contribution in [0.2, 0.25) is 0 Å². The van der Waals surface area contributed by atoms with Crippen LogP contribution in [0.5, 0.6) is 0 Å². The van der Waals surface area contributed by atoms with Crippen LogP contribution in [0.4, 0.5) is 18.9 Å². The molecule has 6 nitrogen and oxygen atoms in total. The van der Waals surface area contributed by atoms with Crippen LogP contribution in [0.1, 0.15) is 11.4 Å². The number of hydrazone groups is 1. The van der Waals surface area contributed by atoms with Crippen molar-refractivity contribution < 1.29 is 18.0 Å². The third-order valence-corrected chi connectivity index (χ3v) is 3.14. The number of anilines is 1. The second-order valence-corrected chi connectivity index (χ2v) is 4.66. The van der Waals surface area contributed by atoms with Crippen LogP contribution in [-0.2, 0) is 11.3 Å². The Kier molecular flexibility index (Phi) is 3.75. The number of alkyl halides is 3. The topological polar surface area (TPSA) is 74.8 Å². The van der Waals surface area contributed by atoms with Crippen molar-refractivity contribution in [2.24, 2.45) is 5.10 Å². The molecule has 2 N–H and O–H groups in total. The number of carbonyl (C=O) groups excluding carboxylic acids is 1. The van der Waals surface area contributed by atoms with Crippen molar-refractivity contribution in [2.75, 3.05) is 12.8 Å². The van der Waals surface area contributed by atoms with E-state index >= 15 is 0 Å². The van der Waals surface area contributed by atoms with E-state index in [9.17, 15) is 18.0 Å². The third-order valence-electron chi connectivity index (χ3n) is 3.14. The van der Waals surface area contributed by atoms with Crippen molar-refractivity contribution in [2.45, 2.75) is 25.8 Å². The summed E-state index contributed by atoms with van der Waals surface area (Å²) in [6.45, 7) is 1.67. The van der Waals surface area contributed by atoms with Crippen molar-refractivity contribution in [1.82, 2.24) is 14.9 Å². The molecule has 0 fully saturated rings. The van der Waals surface area contributed by atoms with Gasteiger partial charge in [0.05, 0.1) is 23.6 Å². The Morgan fingerprint density at radius 1 is 1.43 bits per heavy atom. The van der Waals surface area contributed by atoms with Gasteiger partial charge < -0.3 is 10.6 Å². The highest BCUT2D eigenvalue weighted by Crippen LogP contribution is 2.27. The number of aromatic nitrogens is 1. The molecule has 0 spiro atoms. The Balaban J connectivity index is 2.27. The number of likely N-dealkylation sites (N-methyl/N-ethyl adjacent to an activating group) is 1. The molecule has 0 radical (unpaired) electrons. The molecular weight excluding hydrogens is 287 g/mol. The van der Waals surface area contributed by atoms with Crippen LogP contribution in [-0.4, -0.2) is 46.4 Å². The van der Waals surface area contributed by atoms with E-state index in [1.165, 1.54) is 7.05 Å². The minimum Gasteiger partial charge on any atom is -0.397 e. The average molecular weight is 301 g/mol. The van der Waals surface area contributed by atoms with Gasteiger partial charge in [0, 0.05) is 7.05 Å². The number of hydrogen-bond donors (Lipinski definition) is 1. The maximum atomic E-state index is 12.8. The fourth-order valence-corrected chi connectivity index (χ4v) is 2.00. The Labute approximate surface area is 119 Å². The Morgan fingerprint density at radius 3 is 2.62 bits per heavy atom. The summed E-state index contributed by atoms with van der Waals surface area (Å²) in [6.07, 6.45) is -5.32. The van der Waals surface area contributed by atoms with Gasteiger partial charge in [-0.05, 0) is 19.1 Å². The van der Waals surface area contributed by atoms with Gasteiger partial charge in [-0.1, -0.05) is 0 Å². The van der Waals surface area contributed by atoms with E-state index < -0.39 is 18.2 Å². The number of aldehydes is 1. The number of hydrogen-bond acceptors (Lipinski definition) is 6. The van der Waals surface area contributed by atoms with Gasteiger partial charge in [0.15, 0.2) is 12.5 Å². The molecule has 0 amide bonds. The van der Waals surface area contributed by atoms with E-state index in [0.717, 1.165) is 9.91 Å². The van der Waals surface area contributed by atoms with E-state index in [1.54, 1.807) is 19.1 Å². The average Bonchev–Trinajstić information content (AvgIpc) is 2.70. The number of pyridine rings is 1. The number of carbonyl (C=O) groups is 1. The van der Waals surface area contributed by atoms with Crippen LogP contribution in [0.25, 0.3) is 0 Å². The van der Waals surface area contributed by atoms with Gasteiger partial charge in [-0.3, -0.25) is 14.8 Å². The molecule has 0 saturated carbocycles. The van der Waals surface area contributed by atoms with Gasteiger partial charge in [0.25, 0.3) is 0 Å². The molecule has 1 unspecified atom stereocenters. The van der Waals surface area contributed by atoms with Gasteiger partial charge in [0.2, 0.25) is 5.84 Å². The number of aryl methyl sites for hydroxylation is 1. The lowest BCUT2D eigenvalue weighted by atomic mass is 10.2. The number of nitrogens with zero attached hydrogens (tertiary/aromatic N) is 4. The second kappa shape index (κ2) is 5.23. The Bertz CT molecular complexity index is 587. The van der Waals surface area contributed by atoms with Gasteiger partial charge >= 0.3 is 6.18 Å². The van der Waals surface area contributed by atoms with Crippen LogP contribution in [0, 0.1) is 6.92 Å². The van der Waals surface area contributed by atoms with Crippen LogP contribution >= 0.6 is 0 Å². The number of rotatable bonds is 3. The maximum absolute atomic E-state index is 12.8. The lowest BCUT2D eigenvalue weighted by Gasteiger charge is -2.24. The molecule has 0 aliphatic carbocycles. The zero-order chi connectivity index (χ0) is 15.8. The minimum atomic E-state index is -4.62. The monoisotopic (exact) mass is 301 g/mol. The maximum Gasteiger partial charge on any atom is 0.451 e. The molecule has 1 aromatic rings. The van der Waals surface area contributed by atoms with E-state index in [1.807, 2.05) is 0 Å². The smallest absolute Gasteiger partial charge is 0.397 e.